The van der Waals surface area contributed by atoms with Crippen LogP contribution in [-0.2, 0) is 11.2 Å². The van der Waals surface area contributed by atoms with Gasteiger partial charge in [-0.05, 0) is 37.8 Å². The van der Waals surface area contributed by atoms with E-state index in [2.05, 4.69) is 11.1 Å². The summed E-state index contributed by atoms with van der Waals surface area (Å²) in [5.74, 6) is 0.439. The predicted octanol–water partition coefficient (Wildman–Crippen LogP) is 3.19. The van der Waals surface area contributed by atoms with E-state index in [9.17, 15) is 4.79 Å². The van der Waals surface area contributed by atoms with Crippen molar-refractivity contribution in [2.45, 2.75) is 51.4 Å². The van der Waals surface area contributed by atoms with Crippen molar-refractivity contribution in [3.63, 3.8) is 0 Å². The molecule has 0 amide bonds. The van der Waals surface area contributed by atoms with E-state index < -0.39 is 0 Å². The number of hydrogen-bond donors (Lipinski definition) is 1. The lowest BCUT2D eigenvalue weighted by atomic mass is 9.90. The Bertz CT molecular complexity index is 340. The zero-order chi connectivity index (χ0) is 10.7. The summed E-state index contributed by atoms with van der Waals surface area (Å²) in [4.78, 5) is 14.8. The fraction of sp³-hybridized carbons (Fsp3) is 0.615. The van der Waals surface area contributed by atoms with Gasteiger partial charge in [-0.1, -0.05) is 19.3 Å². The zero-order valence-electron chi connectivity index (χ0n) is 9.38. The minimum Gasteiger partial charge on any atom is -0.365 e. The Kier molecular flexibility index (Phi) is 3.24. The van der Waals surface area contributed by atoms with Crippen LogP contribution >= 0.6 is 0 Å². The van der Waals surface area contributed by atoms with Crippen LogP contribution in [0.15, 0.2) is 12.3 Å². The molecule has 0 aliphatic heterocycles. The maximum absolute atomic E-state index is 11.6. The summed E-state index contributed by atoms with van der Waals surface area (Å²) in [6, 6.07) is 2.18. The van der Waals surface area contributed by atoms with Crippen molar-refractivity contribution in [3.05, 3.63) is 23.5 Å². The van der Waals surface area contributed by atoms with Crippen LogP contribution < -0.4 is 0 Å². The van der Waals surface area contributed by atoms with E-state index in [-0.39, 0.29) is 5.92 Å². The Hall–Kier alpha value is -1.05. The first-order valence-corrected chi connectivity index (χ1v) is 5.95. The van der Waals surface area contributed by atoms with E-state index in [4.69, 9.17) is 0 Å². The number of aromatic nitrogens is 1. The largest absolute Gasteiger partial charge is 0.365 e. The maximum Gasteiger partial charge on any atom is 0.137 e. The molecule has 1 aromatic rings. The summed E-state index contributed by atoms with van der Waals surface area (Å²) in [5, 5.41) is 0. The van der Waals surface area contributed by atoms with Gasteiger partial charge in [0.25, 0.3) is 0 Å². The third-order valence-corrected chi connectivity index (χ3v) is 3.35. The molecule has 1 aliphatic carbocycles. The summed E-state index contributed by atoms with van der Waals surface area (Å²) < 4.78 is 0. The van der Waals surface area contributed by atoms with Gasteiger partial charge in [0, 0.05) is 17.8 Å². The van der Waals surface area contributed by atoms with Gasteiger partial charge in [0.2, 0.25) is 0 Å². The molecular weight excluding hydrogens is 186 g/mol. The molecular formula is C13H19NO. The molecule has 2 bridgehead atoms. The minimum absolute atomic E-state index is 0.132. The summed E-state index contributed by atoms with van der Waals surface area (Å²) in [5.41, 5.74) is 2.48. The van der Waals surface area contributed by atoms with Crippen LogP contribution in [0.3, 0.4) is 0 Å². The van der Waals surface area contributed by atoms with Gasteiger partial charge in [-0.2, -0.15) is 0 Å². The molecule has 0 aromatic carbocycles. The highest BCUT2D eigenvalue weighted by Crippen LogP contribution is 2.26. The van der Waals surface area contributed by atoms with Crippen molar-refractivity contribution in [1.29, 1.82) is 0 Å². The predicted molar refractivity (Wildman–Crippen MR) is 61.0 cm³/mol. The van der Waals surface area contributed by atoms with Gasteiger partial charge in [0.05, 0.1) is 0 Å². The Balaban J connectivity index is 2.22. The van der Waals surface area contributed by atoms with E-state index >= 15 is 0 Å². The van der Waals surface area contributed by atoms with Crippen LogP contribution in [0.4, 0.5) is 0 Å². The van der Waals surface area contributed by atoms with E-state index in [0.717, 1.165) is 12.8 Å². The highest BCUT2D eigenvalue weighted by molar-refractivity contribution is 5.83. The lowest BCUT2D eigenvalue weighted by Crippen LogP contribution is -2.08. The summed E-state index contributed by atoms with van der Waals surface area (Å²) in [6.07, 6.45) is 9.18. The SMILES string of the molecule is CC(=O)C1CCCCCCc2cc1c[nH]2. The number of nitrogens with one attached hydrogen (secondary N) is 1. The van der Waals surface area contributed by atoms with E-state index in [1.54, 1.807) is 6.92 Å². The van der Waals surface area contributed by atoms with Crippen LogP contribution in [0.25, 0.3) is 0 Å². The smallest absolute Gasteiger partial charge is 0.137 e. The average Bonchev–Trinajstić information content (AvgIpc) is 2.64. The second-order valence-corrected chi connectivity index (χ2v) is 4.57. The molecule has 0 saturated carbocycles. The number of ketones is 1. The topological polar surface area (TPSA) is 32.9 Å². The Labute approximate surface area is 91.1 Å². The van der Waals surface area contributed by atoms with Crippen molar-refractivity contribution in [2.75, 3.05) is 0 Å². The highest BCUT2D eigenvalue weighted by Gasteiger charge is 2.18. The number of rotatable bonds is 1. The van der Waals surface area contributed by atoms with Gasteiger partial charge in [-0.15, -0.1) is 0 Å². The molecule has 0 fully saturated rings. The molecule has 0 saturated heterocycles. The van der Waals surface area contributed by atoms with Crippen LogP contribution in [0.5, 0.6) is 0 Å². The first kappa shape index (κ1) is 10.5. The monoisotopic (exact) mass is 205 g/mol. The molecule has 2 rings (SSSR count). The maximum atomic E-state index is 11.6. The highest BCUT2D eigenvalue weighted by atomic mass is 16.1. The van der Waals surface area contributed by atoms with Gasteiger partial charge in [0.15, 0.2) is 0 Å². The Morgan fingerprint density at radius 3 is 2.93 bits per heavy atom. The number of hydrogen-bond acceptors (Lipinski definition) is 1. The van der Waals surface area contributed by atoms with E-state index in [1.165, 1.54) is 36.9 Å². The van der Waals surface area contributed by atoms with Crippen LogP contribution in [0, 0.1) is 0 Å². The third-order valence-electron chi connectivity index (χ3n) is 3.35. The van der Waals surface area contributed by atoms with Gasteiger partial charge in [-0.3, -0.25) is 4.79 Å². The number of Topliss-reactive ketones (excluding diaryl/α,β-unsaturated/α-hetero) is 1. The first-order valence-electron chi connectivity index (χ1n) is 5.95. The second kappa shape index (κ2) is 4.65. The summed E-state index contributed by atoms with van der Waals surface area (Å²) >= 11 is 0. The fourth-order valence-electron chi connectivity index (χ4n) is 2.43. The standard InChI is InChI=1S/C13H19NO/c1-10(15)13-7-5-3-2-4-6-12-8-11(13)9-14-12/h8-9,13-14H,2-7H2,1H3. The lowest BCUT2D eigenvalue weighted by molar-refractivity contribution is -0.118. The van der Waals surface area contributed by atoms with Crippen molar-refractivity contribution >= 4 is 5.78 Å². The molecule has 1 N–H and O–H groups in total. The Morgan fingerprint density at radius 1 is 1.33 bits per heavy atom. The number of H-pyrrole nitrogens is 1. The number of carbonyl (C=O) groups is 1. The summed E-state index contributed by atoms with van der Waals surface area (Å²) in [6.45, 7) is 1.71. The van der Waals surface area contributed by atoms with Crippen LogP contribution in [0.1, 0.15) is 56.2 Å². The first-order chi connectivity index (χ1) is 7.27. The number of aromatic amines is 1. The quantitative estimate of drug-likeness (QED) is 0.750. The molecule has 82 valence electrons. The van der Waals surface area contributed by atoms with Crippen molar-refractivity contribution in [3.8, 4) is 0 Å². The molecule has 1 atom stereocenters. The molecule has 0 spiro atoms. The van der Waals surface area contributed by atoms with Gasteiger partial charge in [0.1, 0.15) is 5.78 Å². The minimum atomic E-state index is 0.132. The van der Waals surface area contributed by atoms with Gasteiger partial charge >= 0.3 is 0 Å². The molecule has 1 heterocycles. The van der Waals surface area contributed by atoms with Gasteiger partial charge in [-0.25, -0.2) is 0 Å². The van der Waals surface area contributed by atoms with Gasteiger partial charge < -0.3 is 4.98 Å². The molecule has 0 radical (unpaired) electrons. The molecule has 1 aliphatic rings. The van der Waals surface area contributed by atoms with Crippen LogP contribution in [0.2, 0.25) is 0 Å². The number of aryl methyl sites for hydroxylation is 1. The fourth-order valence-corrected chi connectivity index (χ4v) is 2.43. The third kappa shape index (κ3) is 2.49. The molecule has 2 nitrogen and oxygen atoms in total. The number of fused-ring (bicyclic) bond motifs is 2. The lowest BCUT2D eigenvalue weighted by Gasteiger charge is -2.12. The Morgan fingerprint density at radius 2 is 2.13 bits per heavy atom. The molecule has 1 aromatic heterocycles. The second-order valence-electron chi connectivity index (χ2n) is 4.57. The van der Waals surface area contributed by atoms with E-state index in [0.29, 0.717) is 5.78 Å². The molecule has 1 unspecified atom stereocenters. The van der Waals surface area contributed by atoms with Crippen LogP contribution in [-0.4, -0.2) is 10.8 Å². The summed E-state index contributed by atoms with van der Waals surface area (Å²) in [7, 11) is 0. The van der Waals surface area contributed by atoms with E-state index in [1.807, 2.05) is 6.20 Å². The van der Waals surface area contributed by atoms with Crippen molar-refractivity contribution < 1.29 is 4.79 Å². The normalized spacial score (nSPS) is 22.3. The zero-order valence-corrected chi connectivity index (χ0v) is 9.38. The molecule has 2 heteroatoms. The van der Waals surface area contributed by atoms with Crippen molar-refractivity contribution in [2.24, 2.45) is 0 Å². The number of carbonyl (C=O) groups excluding carboxylic acids is 1. The molecule has 15 heavy (non-hydrogen) atoms. The average molecular weight is 205 g/mol. The van der Waals surface area contributed by atoms with Crippen molar-refractivity contribution in [1.82, 2.24) is 4.98 Å².